The Morgan fingerprint density at radius 1 is 0.909 bits per heavy atom. The second-order valence-corrected chi connectivity index (χ2v) is 10.3. The van der Waals surface area contributed by atoms with Gasteiger partial charge in [-0.3, -0.25) is 14.4 Å². The number of anilines is 2. The van der Waals surface area contributed by atoms with Gasteiger partial charge < -0.3 is 20.7 Å². The Balaban J connectivity index is 1.36. The van der Waals surface area contributed by atoms with Gasteiger partial charge in [0.05, 0.1) is 5.56 Å². The van der Waals surface area contributed by atoms with Gasteiger partial charge in [-0.25, -0.2) is 4.79 Å². The molecule has 0 heterocycles. The molecule has 1 unspecified atom stereocenters. The van der Waals surface area contributed by atoms with Crippen molar-refractivity contribution in [2.24, 2.45) is 23.2 Å². The molecule has 1 atom stereocenters. The summed E-state index contributed by atoms with van der Waals surface area (Å²) in [7, 11) is 0. The highest BCUT2D eigenvalue weighted by Gasteiger charge is 2.53. The predicted octanol–water partition coefficient (Wildman–Crippen LogP) is 3.48. The molecule has 4 aliphatic rings. The quantitative estimate of drug-likeness (QED) is 0.545. The normalized spacial score (nSPS) is 28.0. The fourth-order valence-electron chi connectivity index (χ4n) is 6.65. The molecule has 5 rings (SSSR count). The Labute approximate surface area is 194 Å². The van der Waals surface area contributed by atoms with Crippen LogP contribution in [-0.2, 0) is 19.1 Å². The third kappa shape index (κ3) is 5.37. The number of nitrogens with one attached hydrogen (secondary N) is 3. The summed E-state index contributed by atoms with van der Waals surface area (Å²) in [5, 5.41) is 8.27. The smallest absolute Gasteiger partial charge is 0.338 e. The molecule has 178 valence electrons. The molecule has 1 aromatic rings. The zero-order valence-corrected chi connectivity index (χ0v) is 19.5. The molecular weight excluding hydrogens is 422 g/mol. The minimum Gasteiger partial charge on any atom is -0.452 e. The number of hydrogen-bond acceptors (Lipinski definition) is 5. The van der Waals surface area contributed by atoms with Crippen LogP contribution in [0.5, 0.6) is 0 Å². The van der Waals surface area contributed by atoms with Crippen LogP contribution in [0, 0.1) is 23.2 Å². The monoisotopic (exact) mass is 455 g/mol. The molecule has 4 bridgehead atoms. The summed E-state index contributed by atoms with van der Waals surface area (Å²) in [6.07, 6.45) is 7.58. The first-order valence-corrected chi connectivity index (χ1v) is 11.8. The van der Waals surface area contributed by atoms with Gasteiger partial charge in [-0.05, 0) is 86.8 Å². The van der Waals surface area contributed by atoms with Gasteiger partial charge in [0.25, 0.3) is 5.91 Å². The van der Waals surface area contributed by atoms with Crippen LogP contribution in [0.25, 0.3) is 0 Å². The molecule has 0 aromatic heterocycles. The van der Waals surface area contributed by atoms with E-state index in [0.29, 0.717) is 11.4 Å². The minimum absolute atomic E-state index is 0.0477. The number of esters is 1. The van der Waals surface area contributed by atoms with Crippen molar-refractivity contribution >= 4 is 35.1 Å². The van der Waals surface area contributed by atoms with Crippen LogP contribution in [0.2, 0.25) is 0 Å². The van der Waals surface area contributed by atoms with E-state index in [1.54, 1.807) is 6.07 Å². The van der Waals surface area contributed by atoms with Crippen LogP contribution < -0.4 is 16.0 Å². The largest absolute Gasteiger partial charge is 0.452 e. The van der Waals surface area contributed by atoms with Crippen molar-refractivity contribution in [1.29, 1.82) is 0 Å². The highest BCUT2D eigenvalue weighted by molar-refractivity contribution is 5.98. The molecule has 4 saturated carbocycles. The topological polar surface area (TPSA) is 114 Å². The number of amides is 3. The maximum absolute atomic E-state index is 12.6. The van der Waals surface area contributed by atoms with E-state index in [2.05, 4.69) is 22.9 Å². The first-order valence-electron chi connectivity index (χ1n) is 11.8. The van der Waals surface area contributed by atoms with E-state index in [1.807, 2.05) is 0 Å². The minimum atomic E-state index is -0.702. The maximum Gasteiger partial charge on any atom is 0.338 e. The van der Waals surface area contributed by atoms with E-state index >= 15 is 0 Å². The molecular formula is C25H33N3O5. The van der Waals surface area contributed by atoms with E-state index in [9.17, 15) is 19.2 Å². The molecule has 3 N–H and O–H groups in total. The molecule has 1 aromatic carbocycles. The van der Waals surface area contributed by atoms with Gasteiger partial charge in [0.15, 0.2) is 6.61 Å². The summed E-state index contributed by atoms with van der Waals surface area (Å²) >= 11 is 0. The molecule has 4 fully saturated rings. The molecule has 8 nitrogen and oxygen atoms in total. The fourth-order valence-corrected chi connectivity index (χ4v) is 6.65. The third-order valence-corrected chi connectivity index (χ3v) is 7.53. The lowest BCUT2D eigenvalue weighted by Gasteiger charge is -2.59. The molecule has 0 saturated heterocycles. The Morgan fingerprint density at radius 3 is 1.85 bits per heavy atom. The van der Waals surface area contributed by atoms with E-state index in [1.165, 1.54) is 64.5 Å². The van der Waals surface area contributed by atoms with Crippen LogP contribution in [0.3, 0.4) is 0 Å². The van der Waals surface area contributed by atoms with Crippen LogP contribution in [0.15, 0.2) is 18.2 Å². The molecule has 33 heavy (non-hydrogen) atoms. The Bertz CT molecular complexity index is 903. The first-order chi connectivity index (χ1) is 15.6. The number of rotatable bonds is 7. The third-order valence-electron chi connectivity index (χ3n) is 7.53. The average molecular weight is 456 g/mol. The molecule has 3 amide bonds. The summed E-state index contributed by atoms with van der Waals surface area (Å²) in [6, 6.07) is 4.49. The number of hydrogen-bond donors (Lipinski definition) is 3. The number of benzene rings is 1. The first kappa shape index (κ1) is 23.3. The second-order valence-electron chi connectivity index (χ2n) is 10.3. The standard InChI is InChI=1S/C25H33N3O5/c1-14(25-10-17-4-18(11-25)6-19(5-17)12-25)26-23(31)13-33-24(32)20-7-21(27-15(2)29)9-22(8-20)28-16(3)30/h7-9,14,17-19H,4-6,10-13H2,1-3H3,(H,26,31)(H,27,29)(H,28,30). The lowest BCUT2D eigenvalue weighted by molar-refractivity contribution is -0.128. The van der Waals surface area contributed by atoms with Crippen LogP contribution in [-0.4, -0.2) is 36.3 Å². The summed E-state index contributed by atoms with van der Waals surface area (Å²) in [6.45, 7) is 4.40. The summed E-state index contributed by atoms with van der Waals surface area (Å²) in [5.74, 6) is 0.740. The molecule has 0 radical (unpaired) electrons. The Morgan fingerprint density at radius 2 is 1.39 bits per heavy atom. The fraction of sp³-hybridized carbons (Fsp3) is 0.600. The van der Waals surface area contributed by atoms with Crippen LogP contribution in [0.1, 0.15) is 69.7 Å². The summed E-state index contributed by atoms with van der Waals surface area (Å²) in [5.41, 5.74) is 1.00. The van der Waals surface area contributed by atoms with E-state index in [-0.39, 0.29) is 41.3 Å². The number of carbonyl (C=O) groups is 4. The van der Waals surface area contributed by atoms with Gasteiger partial charge >= 0.3 is 5.97 Å². The van der Waals surface area contributed by atoms with Gasteiger partial charge in [0.2, 0.25) is 11.8 Å². The van der Waals surface area contributed by atoms with Gasteiger partial charge in [0.1, 0.15) is 0 Å². The lowest BCUT2D eigenvalue weighted by atomic mass is 9.48. The van der Waals surface area contributed by atoms with Crippen LogP contribution in [0.4, 0.5) is 11.4 Å². The van der Waals surface area contributed by atoms with Crippen molar-refractivity contribution in [1.82, 2.24) is 5.32 Å². The van der Waals surface area contributed by atoms with Crippen molar-refractivity contribution in [3.05, 3.63) is 23.8 Å². The van der Waals surface area contributed by atoms with Gasteiger partial charge in [-0.15, -0.1) is 0 Å². The van der Waals surface area contributed by atoms with E-state index in [0.717, 1.165) is 17.8 Å². The molecule has 0 aliphatic heterocycles. The highest BCUT2D eigenvalue weighted by Crippen LogP contribution is 2.61. The van der Waals surface area contributed by atoms with Crippen molar-refractivity contribution in [2.45, 2.75) is 65.3 Å². The lowest BCUT2D eigenvalue weighted by Crippen LogP contribution is -2.56. The average Bonchev–Trinajstić information content (AvgIpc) is 2.69. The molecule has 8 heteroatoms. The molecule has 0 spiro atoms. The second kappa shape index (κ2) is 9.15. The highest BCUT2D eigenvalue weighted by atomic mass is 16.5. The van der Waals surface area contributed by atoms with Gasteiger partial charge in [-0.2, -0.15) is 0 Å². The van der Waals surface area contributed by atoms with E-state index < -0.39 is 5.97 Å². The van der Waals surface area contributed by atoms with Gasteiger partial charge in [0, 0.05) is 31.3 Å². The van der Waals surface area contributed by atoms with Crippen molar-refractivity contribution < 1.29 is 23.9 Å². The van der Waals surface area contributed by atoms with Crippen molar-refractivity contribution in [3.8, 4) is 0 Å². The van der Waals surface area contributed by atoms with Crippen molar-refractivity contribution in [3.63, 3.8) is 0 Å². The summed E-state index contributed by atoms with van der Waals surface area (Å²) < 4.78 is 5.25. The van der Waals surface area contributed by atoms with Gasteiger partial charge in [-0.1, -0.05) is 0 Å². The van der Waals surface area contributed by atoms with Crippen molar-refractivity contribution in [2.75, 3.05) is 17.2 Å². The zero-order chi connectivity index (χ0) is 23.8. The zero-order valence-electron chi connectivity index (χ0n) is 19.5. The molecule has 4 aliphatic carbocycles. The number of carbonyl (C=O) groups excluding carboxylic acids is 4. The Kier molecular flexibility index (Phi) is 6.45. The number of ether oxygens (including phenoxy) is 1. The van der Waals surface area contributed by atoms with E-state index in [4.69, 9.17) is 4.74 Å². The predicted molar refractivity (Wildman–Crippen MR) is 124 cm³/mol. The Hall–Kier alpha value is -2.90. The summed E-state index contributed by atoms with van der Waals surface area (Å²) in [4.78, 5) is 48.0. The SMILES string of the molecule is CC(=O)Nc1cc(NC(C)=O)cc(C(=O)OCC(=O)NC(C)C23CC4CC(CC(C4)C2)C3)c1. The maximum atomic E-state index is 12.6. The van der Waals surface area contributed by atoms with Crippen LogP contribution >= 0.6 is 0 Å².